The molecule has 1 atom stereocenters. The van der Waals surface area contributed by atoms with Crippen molar-refractivity contribution in [2.45, 2.75) is 26.4 Å². The smallest absolute Gasteiger partial charge is 0.248 e. The lowest BCUT2D eigenvalue weighted by Crippen LogP contribution is -2.27. The maximum absolute atomic E-state index is 11.0. The van der Waals surface area contributed by atoms with Crippen molar-refractivity contribution in [3.8, 4) is 0 Å². The van der Waals surface area contributed by atoms with Gasteiger partial charge < -0.3 is 11.1 Å². The standard InChI is InChI=1S/C13H20N2OS/c1-9-6-11(13(14)16)4-5-12(9)7-15-10(2)8-17-3/h4-6,10,15H,7-8H2,1-3H3,(H2,14,16). The second kappa shape index (κ2) is 6.67. The monoisotopic (exact) mass is 252 g/mol. The molecular weight excluding hydrogens is 232 g/mol. The van der Waals surface area contributed by atoms with Gasteiger partial charge in [-0.05, 0) is 43.4 Å². The molecule has 3 nitrogen and oxygen atoms in total. The summed E-state index contributed by atoms with van der Waals surface area (Å²) in [5.74, 6) is 0.724. The summed E-state index contributed by atoms with van der Waals surface area (Å²) >= 11 is 1.83. The minimum atomic E-state index is -0.372. The summed E-state index contributed by atoms with van der Waals surface area (Å²) in [5.41, 5.74) is 8.12. The SMILES string of the molecule is CSCC(C)NCc1ccc(C(N)=O)cc1C. The van der Waals surface area contributed by atoms with Crippen molar-refractivity contribution >= 4 is 17.7 Å². The van der Waals surface area contributed by atoms with Gasteiger partial charge in [0.05, 0.1) is 0 Å². The van der Waals surface area contributed by atoms with Gasteiger partial charge in [0.15, 0.2) is 0 Å². The van der Waals surface area contributed by atoms with E-state index in [-0.39, 0.29) is 5.91 Å². The van der Waals surface area contributed by atoms with Crippen LogP contribution in [0.1, 0.15) is 28.4 Å². The predicted molar refractivity (Wildman–Crippen MR) is 74.4 cm³/mol. The third-order valence-corrected chi connectivity index (χ3v) is 3.52. The summed E-state index contributed by atoms with van der Waals surface area (Å²) in [6.45, 7) is 5.00. The molecular formula is C13H20N2OS. The highest BCUT2D eigenvalue weighted by Gasteiger charge is 2.05. The van der Waals surface area contributed by atoms with Crippen LogP contribution in [0.25, 0.3) is 0 Å². The number of nitrogens with two attached hydrogens (primary N) is 1. The minimum Gasteiger partial charge on any atom is -0.366 e. The van der Waals surface area contributed by atoms with Crippen molar-refractivity contribution in [3.05, 3.63) is 34.9 Å². The van der Waals surface area contributed by atoms with Crippen LogP contribution in [0.3, 0.4) is 0 Å². The highest BCUT2D eigenvalue weighted by Crippen LogP contribution is 2.11. The highest BCUT2D eigenvalue weighted by molar-refractivity contribution is 7.98. The van der Waals surface area contributed by atoms with Crippen LogP contribution in [0.2, 0.25) is 0 Å². The molecule has 1 unspecified atom stereocenters. The number of hydrogen-bond acceptors (Lipinski definition) is 3. The van der Waals surface area contributed by atoms with Crippen molar-refractivity contribution in [2.75, 3.05) is 12.0 Å². The zero-order valence-electron chi connectivity index (χ0n) is 10.6. The Morgan fingerprint density at radius 3 is 2.76 bits per heavy atom. The van der Waals surface area contributed by atoms with Crippen LogP contribution in [0.15, 0.2) is 18.2 Å². The molecule has 0 spiro atoms. The number of aryl methyl sites for hydroxylation is 1. The molecule has 1 rings (SSSR count). The Hall–Kier alpha value is -1.00. The van der Waals surface area contributed by atoms with E-state index >= 15 is 0 Å². The maximum Gasteiger partial charge on any atom is 0.248 e. The van der Waals surface area contributed by atoms with Crippen molar-refractivity contribution < 1.29 is 4.79 Å². The fourth-order valence-corrected chi connectivity index (χ4v) is 2.26. The van der Waals surface area contributed by atoms with Crippen LogP contribution >= 0.6 is 11.8 Å². The fraction of sp³-hybridized carbons (Fsp3) is 0.462. The number of amides is 1. The summed E-state index contributed by atoms with van der Waals surface area (Å²) in [6, 6.07) is 6.08. The molecule has 0 saturated heterocycles. The molecule has 94 valence electrons. The number of benzene rings is 1. The summed E-state index contributed by atoms with van der Waals surface area (Å²) < 4.78 is 0. The Balaban J connectivity index is 2.63. The molecule has 0 fully saturated rings. The first-order valence-corrected chi connectivity index (χ1v) is 7.05. The molecule has 0 bridgehead atoms. The lowest BCUT2D eigenvalue weighted by atomic mass is 10.0. The zero-order valence-corrected chi connectivity index (χ0v) is 11.4. The number of rotatable bonds is 6. The lowest BCUT2D eigenvalue weighted by molar-refractivity contribution is 0.1000. The summed E-state index contributed by atoms with van der Waals surface area (Å²) in [4.78, 5) is 11.0. The average Bonchev–Trinajstić information content (AvgIpc) is 2.27. The van der Waals surface area contributed by atoms with E-state index < -0.39 is 0 Å². The van der Waals surface area contributed by atoms with Crippen LogP contribution in [-0.4, -0.2) is 24.0 Å². The number of carbonyl (C=O) groups is 1. The number of thioether (sulfide) groups is 1. The van der Waals surface area contributed by atoms with Gasteiger partial charge in [-0.1, -0.05) is 6.07 Å². The second-order valence-corrected chi connectivity index (χ2v) is 5.15. The van der Waals surface area contributed by atoms with Crippen LogP contribution in [-0.2, 0) is 6.54 Å². The number of carbonyl (C=O) groups excluding carboxylic acids is 1. The maximum atomic E-state index is 11.0. The van der Waals surface area contributed by atoms with Crippen molar-refractivity contribution in [1.82, 2.24) is 5.32 Å². The highest BCUT2D eigenvalue weighted by atomic mass is 32.2. The molecule has 3 N–H and O–H groups in total. The van der Waals surface area contributed by atoms with Crippen LogP contribution in [0.4, 0.5) is 0 Å². The first-order valence-electron chi connectivity index (χ1n) is 5.66. The topological polar surface area (TPSA) is 55.1 Å². The first kappa shape index (κ1) is 14.1. The Labute approximate surface area is 107 Å². The van der Waals surface area contributed by atoms with Gasteiger partial charge in [0.1, 0.15) is 0 Å². The van der Waals surface area contributed by atoms with E-state index in [1.807, 2.05) is 30.8 Å². The van der Waals surface area contributed by atoms with Gasteiger partial charge in [0.2, 0.25) is 5.91 Å². The van der Waals surface area contributed by atoms with Gasteiger partial charge in [0, 0.05) is 23.9 Å². The van der Waals surface area contributed by atoms with Crippen molar-refractivity contribution in [1.29, 1.82) is 0 Å². The Kier molecular flexibility index (Phi) is 5.51. The normalized spacial score (nSPS) is 12.4. The van der Waals surface area contributed by atoms with E-state index in [4.69, 9.17) is 5.73 Å². The summed E-state index contributed by atoms with van der Waals surface area (Å²) in [6.07, 6.45) is 2.10. The second-order valence-electron chi connectivity index (χ2n) is 4.24. The summed E-state index contributed by atoms with van der Waals surface area (Å²) in [5, 5.41) is 3.45. The first-order chi connectivity index (χ1) is 8.04. The minimum absolute atomic E-state index is 0.372. The van der Waals surface area contributed by atoms with E-state index in [1.54, 1.807) is 6.07 Å². The molecule has 0 aromatic heterocycles. The van der Waals surface area contributed by atoms with Crippen molar-refractivity contribution in [2.24, 2.45) is 5.73 Å². The molecule has 0 aliphatic rings. The molecule has 17 heavy (non-hydrogen) atoms. The van der Waals surface area contributed by atoms with Crippen LogP contribution < -0.4 is 11.1 Å². The molecule has 4 heteroatoms. The Morgan fingerprint density at radius 1 is 1.53 bits per heavy atom. The third-order valence-electron chi connectivity index (χ3n) is 2.68. The van der Waals surface area contributed by atoms with E-state index in [1.165, 1.54) is 5.56 Å². The van der Waals surface area contributed by atoms with Gasteiger partial charge >= 0.3 is 0 Å². The third kappa shape index (κ3) is 4.40. The van der Waals surface area contributed by atoms with E-state index in [2.05, 4.69) is 18.5 Å². The van der Waals surface area contributed by atoms with Crippen molar-refractivity contribution in [3.63, 3.8) is 0 Å². The molecule has 1 amide bonds. The molecule has 0 radical (unpaired) electrons. The lowest BCUT2D eigenvalue weighted by Gasteiger charge is -2.14. The predicted octanol–water partition coefficient (Wildman–Crippen LogP) is 1.94. The molecule has 0 aliphatic carbocycles. The number of nitrogens with one attached hydrogen (secondary N) is 1. The van der Waals surface area contributed by atoms with E-state index in [0.29, 0.717) is 11.6 Å². The van der Waals surface area contributed by atoms with Gasteiger partial charge in [-0.2, -0.15) is 11.8 Å². The zero-order chi connectivity index (χ0) is 12.8. The van der Waals surface area contributed by atoms with E-state index in [0.717, 1.165) is 17.9 Å². The van der Waals surface area contributed by atoms with Crippen LogP contribution in [0, 0.1) is 6.92 Å². The quantitative estimate of drug-likeness (QED) is 0.813. The van der Waals surface area contributed by atoms with Gasteiger partial charge in [-0.3, -0.25) is 4.79 Å². The Bertz CT molecular complexity index is 393. The van der Waals surface area contributed by atoms with Crippen LogP contribution in [0.5, 0.6) is 0 Å². The number of hydrogen-bond donors (Lipinski definition) is 2. The number of primary amides is 1. The molecule has 0 aliphatic heterocycles. The average molecular weight is 252 g/mol. The fourth-order valence-electron chi connectivity index (χ4n) is 1.64. The molecule has 1 aromatic rings. The van der Waals surface area contributed by atoms with Gasteiger partial charge in [-0.25, -0.2) is 0 Å². The largest absolute Gasteiger partial charge is 0.366 e. The Morgan fingerprint density at radius 2 is 2.24 bits per heavy atom. The molecule has 0 saturated carbocycles. The van der Waals surface area contributed by atoms with E-state index in [9.17, 15) is 4.79 Å². The molecule has 0 heterocycles. The van der Waals surface area contributed by atoms with Gasteiger partial charge in [-0.15, -0.1) is 0 Å². The summed E-state index contributed by atoms with van der Waals surface area (Å²) in [7, 11) is 0. The molecule has 1 aromatic carbocycles. The van der Waals surface area contributed by atoms with Gasteiger partial charge in [0.25, 0.3) is 0 Å².